The lowest BCUT2D eigenvalue weighted by molar-refractivity contribution is 0.287. The Kier molecular flexibility index (Phi) is 2.53. The first kappa shape index (κ1) is 5.83. The number of hydrogen-bond donors (Lipinski definition) is 1. The van der Waals surface area contributed by atoms with Crippen molar-refractivity contribution in [3.63, 3.8) is 0 Å². The fourth-order valence-corrected chi connectivity index (χ4v) is 0.116. The van der Waals surface area contributed by atoms with Crippen molar-refractivity contribution in [2.75, 3.05) is 7.11 Å². The van der Waals surface area contributed by atoms with Gasteiger partial charge in [-0.15, -0.1) is 0 Å². The molecule has 0 unspecified atom stereocenters. The summed E-state index contributed by atoms with van der Waals surface area (Å²) in [5, 5.41) is 0. The molecule has 3 heteroatoms. The lowest BCUT2D eigenvalue weighted by atomic mass is 10.8. The third-order valence-corrected chi connectivity index (χ3v) is 0.427. The van der Waals surface area contributed by atoms with E-state index in [1.807, 2.05) is 0 Å². The molecule has 0 saturated heterocycles. The molecule has 0 atom stereocenters. The Morgan fingerprint density at radius 3 is 2.71 bits per heavy atom. The lowest BCUT2D eigenvalue weighted by Crippen LogP contribution is -1.96. The predicted molar refractivity (Wildman–Crippen MR) is 25.9 cm³/mol. The summed E-state index contributed by atoms with van der Waals surface area (Å²) >= 11 is 0. The van der Waals surface area contributed by atoms with E-state index in [1.165, 1.54) is 7.11 Å². The van der Waals surface area contributed by atoms with Crippen LogP contribution >= 0.6 is 0 Å². The highest BCUT2D eigenvalue weighted by molar-refractivity contribution is 4.93. The van der Waals surface area contributed by atoms with Crippen molar-refractivity contribution >= 4 is 0 Å². The van der Waals surface area contributed by atoms with Crippen LogP contribution in [0.3, 0.4) is 0 Å². The number of methoxy groups -OCH3 is 1. The van der Waals surface area contributed by atoms with Gasteiger partial charge in [-0.1, -0.05) is 0 Å². The smallest absolute Gasteiger partial charge is 0.211 e. The average Bonchev–Trinajstić information content (AvgIpc) is 1.68. The Hall–Kier alpha value is -1.17. The Bertz CT molecular complexity index is 111. The van der Waals surface area contributed by atoms with E-state index >= 15 is 0 Å². The summed E-state index contributed by atoms with van der Waals surface area (Å²) in [4.78, 5) is 2.84. The number of ether oxygens (including phenoxy) is 1. The summed E-state index contributed by atoms with van der Waals surface area (Å²) in [6.07, 6.45) is 1.11. The van der Waals surface area contributed by atoms with Gasteiger partial charge in [-0.05, 0) is 0 Å². The molecule has 0 aromatic carbocycles. The van der Waals surface area contributed by atoms with Crippen molar-refractivity contribution in [1.82, 2.24) is 0 Å². The van der Waals surface area contributed by atoms with Crippen LogP contribution in [0.5, 0.6) is 0 Å². The van der Waals surface area contributed by atoms with E-state index in [0.717, 1.165) is 6.20 Å². The molecule has 0 spiro atoms. The third kappa shape index (κ3) is 2.64. The van der Waals surface area contributed by atoms with E-state index in [9.17, 15) is 0 Å². The molecule has 0 saturated carbocycles. The van der Waals surface area contributed by atoms with Crippen molar-refractivity contribution in [2.45, 2.75) is 0 Å². The average molecular weight is 98.1 g/mol. The molecule has 0 bridgehead atoms. The minimum absolute atomic E-state index is 0.148. The van der Waals surface area contributed by atoms with E-state index < -0.39 is 0 Å². The number of rotatable bonds is 1. The Morgan fingerprint density at radius 2 is 2.57 bits per heavy atom. The van der Waals surface area contributed by atoms with E-state index in [1.54, 1.807) is 0 Å². The van der Waals surface area contributed by atoms with Crippen LogP contribution in [0.1, 0.15) is 0 Å². The monoisotopic (exact) mass is 98.0 g/mol. The Labute approximate surface area is 42.2 Å². The second-order valence-corrected chi connectivity index (χ2v) is 0.865. The zero-order valence-corrected chi connectivity index (χ0v) is 4.01. The Morgan fingerprint density at radius 1 is 2.00 bits per heavy atom. The van der Waals surface area contributed by atoms with E-state index in [4.69, 9.17) is 12.3 Å². The maximum Gasteiger partial charge on any atom is 0.211 e. The molecule has 0 radical (unpaired) electrons. The fraction of sp³-hybridized carbons (Fsp3) is 0.250. The van der Waals surface area contributed by atoms with E-state index in [0.29, 0.717) is 0 Å². The molecule has 0 fully saturated rings. The van der Waals surface area contributed by atoms with Crippen LogP contribution in [0.25, 0.3) is 4.85 Å². The van der Waals surface area contributed by atoms with Gasteiger partial charge in [0.2, 0.25) is 6.20 Å². The number of hydrogen-bond acceptors (Lipinski definition) is 2. The van der Waals surface area contributed by atoms with Gasteiger partial charge in [0.05, 0.1) is 13.7 Å². The van der Waals surface area contributed by atoms with Crippen molar-refractivity contribution < 1.29 is 4.74 Å². The third-order valence-electron chi connectivity index (χ3n) is 0.427. The van der Waals surface area contributed by atoms with Gasteiger partial charge >= 0.3 is 0 Å². The second kappa shape index (κ2) is 3.04. The van der Waals surface area contributed by atoms with Crippen molar-refractivity contribution in [2.24, 2.45) is 5.73 Å². The molecule has 2 N–H and O–H groups in total. The van der Waals surface area contributed by atoms with Crippen LogP contribution < -0.4 is 5.73 Å². The summed E-state index contributed by atoms with van der Waals surface area (Å²) in [6, 6.07) is 0. The van der Waals surface area contributed by atoms with Crippen molar-refractivity contribution in [3.05, 3.63) is 23.5 Å². The molecule has 0 aromatic rings. The molecule has 0 aliphatic rings. The second-order valence-electron chi connectivity index (χ2n) is 0.865. The van der Waals surface area contributed by atoms with Gasteiger partial charge < -0.3 is 10.5 Å². The molecule has 0 aromatic heterocycles. The summed E-state index contributed by atoms with van der Waals surface area (Å²) in [5.74, 6) is 0.148. The minimum atomic E-state index is 0.148. The van der Waals surface area contributed by atoms with Crippen LogP contribution in [-0.2, 0) is 4.74 Å². The number of nitrogens with two attached hydrogens (primary N) is 1. The van der Waals surface area contributed by atoms with Gasteiger partial charge in [0, 0.05) is 0 Å². The van der Waals surface area contributed by atoms with Crippen LogP contribution in [0, 0.1) is 6.57 Å². The zero-order valence-electron chi connectivity index (χ0n) is 4.01. The molecule has 0 heterocycles. The molecule has 0 amide bonds. The minimum Gasteiger partial charge on any atom is -0.492 e. The highest BCUT2D eigenvalue weighted by Crippen LogP contribution is 1.80. The SMILES string of the molecule is [C-]#[N+]/C=C(\N)OC. The van der Waals surface area contributed by atoms with Gasteiger partial charge in [-0.25, -0.2) is 4.85 Å². The molecule has 38 valence electrons. The molecule has 0 rings (SSSR count). The van der Waals surface area contributed by atoms with Gasteiger partial charge in [-0.2, -0.15) is 0 Å². The van der Waals surface area contributed by atoms with Gasteiger partial charge in [-0.3, -0.25) is 0 Å². The summed E-state index contributed by atoms with van der Waals surface area (Å²) in [7, 11) is 1.41. The molecular formula is C4H6N2O. The molecule has 3 nitrogen and oxygen atoms in total. The topological polar surface area (TPSA) is 39.6 Å². The highest BCUT2D eigenvalue weighted by atomic mass is 16.5. The van der Waals surface area contributed by atoms with Crippen LogP contribution in [0.2, 0.25) is 0 Å². The first-order valence-corrected chi connectivity index (χ1v) is 1.67. The van der Waals surface area contributed by atoms with Crippen LogP contribution in [0.4, 0.5) is 0 Å². The van der Waals surface area contributed by atoms with Crippen molar-refractivity contribution in [1.29, 1.82) is 0 Å². The summed E-state index contributed by atoms with van der Waals surface area (Å²) in [5.41, 5.74) is 5.01. The normalized spacial score (nSPS) is 10.0. The largest absolute Gasteiger partial charge is 0.492 e. The lowest BCUT2D eigenvalue weighted by Gasteiger charge is -1.91. The maximum atomic E-state index is 6.22. The van der Waals surface area contributed by atoms with E-state index in [2.05, 4.69) is 9.58 Å². The highest BCUT2D eigenvalue weighted by Gasteiger charge is 1.76. The Balaban J connectivity index is 3.56. The van der Waals surface area contributed by atoms with Crippen LogP contribution in [0.15, 0.2) is 12.1 Å². The standard InChI is InChI=1S/C4H6N2O/c1-6-3-4(5)7-2/h3H,5H2,2H3/b4-3+. The van der Waals surface area contributed by atoms with Gasteiger partial charge in [0.25, 0.3) is 0 Å². The number of nitrogens with zero attached hydrogens (tertiary/aromatic N) is 1. The zero-order chi connectivity index (χ0) is 5.70. The molecule has 0 aliphatic heterocycles. The summed E-state index contributed by atoms with van der Waals surface area (Å²) in [6.45, 7) is 6.22. The fourth-order valence-electron chi connectivity index (χ4n) is 0.116. The van der Waals surface area contributed by atoms with Crippen LogP contribution in [-0.4, -0.2) is 7.11 Å². The van der Waals surface area contributed by atoms with Gasteiger partial charge in [0.1, 0.15) is 0 Å². The first-order valence-electron chi connectivity index (χ1n) is 1.67. The quantitative estimate of drug-likeness (QED) is 0.378. The molecule has 7 heavy (non-hydrogen) atoms. The molecular weight excluding hydrogens is 92.1 g/mol. The maximum absolute atomic E-state index is 6.22. The molecule has 0 aliphatic carbocycles. The predicted octanol–water partition coefficient (Wildman–Crippen LogP) is 0.310. The summed E-state index contributed by atoms with van der Waals surface area (Å²) < 4.78 is 4.42. The van der Waals surface area contributed by atoms with E-state index in [-0.39, 0.29) is 5.88 Å². The first-order chi connectivity index (χ1) is 3.31. The van der Waals surface area contributed by atoms with Gasteiger partial charge in [0.15, 0.2) is 5.88 Å². The van der Waals surface area contributed by atoms with Crippen molar-refractivity contribution in [3.8, 4) is 0 Å².